The molecule has 2 aliphatic carbocycles. The van der Waals surface area contributed by atoms with Gasteiger partial charge in [0.1, 0.15) is 0 Å². The predicted molar refractivity (Wildman–Crippen MR) is 47.0 cm³/mol. The smallest absolute Gasteiger partial charge is 0.0630 e. The summed E-state index contributed by atoms with van der Waals surface area (Å²) in [5, 5.41) is 3.51. The molecule has 0 spiro atoms. The van der Waals surface area contributed by atoms with E-state index in [2.05, 4.69) is 5.32 Å². The van der Waals surface area contributed by atoms with Crippen LogP contribution in [0.4, 0.5) is 0 Å². The lowest BCUT2D eigenvalue weighted by Gasteiger charge is -2.22. The fourth-order valence-electron chi connectivity index (χ4n) is 2.53. The molecule has 1 N–H and O–H groups in total. The molecule has 0 unspecified atom stereocenters. The van der Waals surface area contributed by atoms with E-state index in [0.717, 1.165) is 24.5 Å². The van der Waals surface area contributed by atoms with E-state index in [9.17, 15) is 0 Å². The van der Waals surface area contributed by atoms with E-state index in [1.54, 1.807) is 0 Å². The molecule has 0 radical (unpaired) electrons. The Hall–Kier alpha value is -0.0800. The first-order chi connectivity index (χ1) is 5.92. The molecular formula is C10H17NO. The van der Waals surface area contributed by atoms with Crippen molar-refractivity contribution in [3.8, 4) is 0 Å². The third-order valence-electron chi connectivity index (χ3n) is 3.54. The molecule has 0 amide bonds. The van der Waals surface area contributed by atoms with Crippen molar-refractivity contribution in [3.63, 3.8) is 0 Å². The minimum absolute atomic E-state index is 0.608. The van der Waals surface area contributed by atoms with Crippen LogP contribution in [0.25, 0.3) is 0 Å². The van der Waals surface area contributed by atoms with Crippen LogP contribution in [0.5, 0.6) is 0 Å². The number of rotatable bonds is 3. The zero-order valence-corrected chi connectivity index (χ0v) is 7.46. The first-order valence-electron chi connectivity index (χ1n) is 5.27. The Morgan fingerprint density at radius 1 is 1.25 bits per heavy atom. The summed E-state index contributed by atoms with van der Waals surface area (Å²) in [5.41, 5.74) is 0. The van der Waals surface area contributed by atoms with Crippen molar-refractivity contribution in [2.75, 3.05) is 13.2 Å². The van der Waals surface area contributed by atoms with Gasteiger partial charge in [-0.25, -0.2) is 0 Å². The van der Waals surface area contributed by atoms with E-state index < -0.39 is 0 Å². The van der Waals surface area contributed by atoms with Crippen LogP contribution >= 0.6 is 0 Å². The number of ether oxygens (including phenoxy) is 1. The van der Waals surface area contributed by atoms with E-state index in [1.165, 1.54) is 32.2 Å². The maximum absolute atomic E-state index is 5.92. The maximum Gasteiger partial charge on any atom is 0.0630 e. The molecule has 3 atom stereocenters. The average Bonchev–Trinajstić information content (AvgIpc) is 2.69. The Kier molecular flexibility index (Phi) is 1.66. The molecule has 3 fully saturated rings. The Balaban J connectivity index is 1.50. The molecule has 2 saturated carbocycles. The predicted octanol–water partition coefficient (Wildman–Crippen LogP) is 1.16. The molecular weight excluding hydrogens is 150 g/mol. The average molecular weight is 167 g/mol. The van der Waals surface area contributed by atoms with E-state index in [0.29, 0.717) is 6.10 Å². The fourth-order valence-corrected chi connectivity index (χ4v) is 2.53. The number of fused-ring (bicyclic) bond motifs is 2. The molecule has 68 valence electrons. The van der Waals surface area contributed by atoms with Gasteiger partial charge in [-0.2, -0.15) is 0 Å². The summed E-state index contributed by atoms with van der Waals surface area (Å²) < 4.78 is 5.92. The Labute approximate surface area is 73.7 Å². The van der Waals surface area contributed by atoms with Gasteiger partial charge in [0.15, 0.2) is 0 Å². The van der Waals surface area contributed by atoms with Gasteiger partial charge >= 0.3 is 0 Å². The second-order valence-corrected chi connectivity index (χ2v) is 4.65. The standard InChI is InChI=1S/C10H17NO/c1-2-7(1)6-12-10-4-9-3-8(10)5-11-9/h7-11H,1-6H2/t8-,9+,10+/m0/s1. The van der Waals surface area contributed by atoms with Crippen LogP contribution in [0, 0.1) is 11.8 Å². The zero-order chi connectivity index (χ0) is 7.97. The van der Waals surface area contributed by atoms with Crippen molar-refractivity contribution in [2.24, 2.45) is 11.8 Å². The lowest BCUT2D eigenvalue weighted by molar-refractivity contribution is 0.0150. The Morgan fingerprint density at radius 2 is 2.17 bits per heavy atom. The van der Waals surface area contributed by atoms with Gasteiger partial charge < -0.3 is 10.1 Å². The van der Waals surface area contributed by atoms with Gasteiger partial charge in [-0.05, 0) is 37.5 Å². The summed E-state index contributed by atoms with van der Waals surface area (Å²) in [6.45, 7) is 2.26. The van der Waals surface area contributed by atoms with E-state index in [4.69, 9.17) is 4.74 Å². The van der Waals surface area contributed by atoms with Gasteiger partial charge in [-0.15, -0.1) is 0 Å². The summed E-state index contributed by atoms with van der Waals surface area (Å²) in [7, 11) is 0. The normalized spacial score (nSPS) is 45.5. The monoisotopic (exact) mass is 167 g/mol. The van der Waals surface area contributed by atoms with Crippen molar-refractivity contribution in [1.29, 1.82) is 0 Å². The molecule has 0 aromatic rings. The molecule has 3 aliphatic rings. The molecule has 1 aliphatic heterocycles. The van der Waals surface area contributed by atoms with Gasteiger partial charge in [-0.1, -0.05) is 0 Å². The van der Waals surface area contributed by atoms with E-state index >= 15 is 0 Å². The summed E-state index contributed by atoms with van der Waals surface area (Å²) in [5.74, 6) is 1.77. The van der Waals surface area contributed by atoms with Crippen LogP contribution in [0.15, 0.2) is 0 Å². The third-order valence-corrected chi connectivity index (χ3v) is 3.54. The van der Waals surface area contributed by atoms with Gasteiger partial charge in [0.2, 0.25) is 0 Å². The Morgan fingerprint density at radius 3 is 2.75 bits per heavy atom. The highest BCUT2D eigenvalue weighted by Gasteiger charge is 2.40. The number of hydrogen-bond donors (Lipinski definition) is 1. The second-order valence-electron chi connectivity index (χ2n) is 4.65. The molecule has 0 aromatic carbocycles. The van der Waals surface area contributed by atoms with Crippen molar-refractivity contribution >= 4 is 0 Å². The van der Waals surface area contributed by atoms with E-state index in [-0.39, 0.29) is 0 Å². The SMILES string of the molecule is C1CC1CO[C@@H]1C[C@H]2C[C@H]1CN2. The van der Waals surface area contributed by atoms with Crippen LogP contribution < -0.4 is 5.32 Å². The molecule has 2 heteroatoms. The highest BCUT2D eigenvalue weighted by atomic mass is 16.5. The number of nitrogens with one attached hydrogen (secondary N) is 1. The summed E-state index contributed by atoms with van der Waals surface area (Å²) in [6, 6.07) is 0.791. The van der Waals surface area contributed by atoms with Crippen molar-refractivity contribution < 1.29 is 4.74 Å². The Bertz CT molecular complexity index is 179. The molecule has 1 heterocycles. The van der Waals surface area contributed by atoms with Gasteiger partial charge in [-0.3, -0.25) is 0 Å². The van der Waals surface area contributed by atoms with Crippen LogP contribution in [0.3, 0.4) is 0 Å². The minimum atomic E-state index is 0.608. The third kappa shape index (κ3) is 1.27. The zero-order valence-electron chi connectivity index (χ0n) is 7.46. The van der Waals surface area contributed by atoms with Crippen molar-refractivity contribution in [1.82, 2.24) is 5.32 Å². The molecule has 3 rings (SSSR count). The quantitative estimate of drug-likeness (QED) is 0.681. The van der Waals surface area contributed by atoms with Gasteiger partial charge in [0, 0.05) is 19.2 Å². The second kappa shape index (κ2) is 2.71. The van der Waals surface area contributed by atoms with Crippen LogP contribution in [0.1, 0.15) is 25.7 Å². The number of piperidine rings is 1. The highest BCUT2D eigenvalue weighted by Crippen LogP contribution is 2.36. The fraction of sp³-hybridized carbons (Fsp3) is 1.00. The topological polar surface area (TPSA) is 21.3 Å². The highest BCUT2D eigenvalue weighted by molar-refractivity contribution is 4.96. The lowest BCUT2D eigenvalue weighted by Crippen LogP contribution is -2.34. The molecule has 2 bridgehead atoms. The van der Waals surface area contributed by atoms with Crippen LogP contribution in [0.2, 0.25) is 0 Å². The van der Waals surface area contributed by atoms with Crippen LogP contribution in [-0.4, -0.2) is 25.3 Å². The lowest BCUT2D eigenvalue weighted by atomic mass is 10.1. The molecule has 1 saturated heterocycles. The summed E-state index contributed by atoms with van der Waals surface area (Å²) in [6.07, 6.45) is 6.09. The van der Waals surface area contributed by atoms with E-state index in [1.807, 2.05) is 0 Å². The first-order valence-corrected chi connectivity index (χ1v) is 5.27. The molecule has 2 nitrogen and oxygen atoms in total. The van der Waals surface area contributed by atoms with Gasteiger partial charge in [0.25, 0.3) is 0 Å². The van der Waals surface area contributed by atoms with Crippen molar-refractivity contribution in [2.45, 2.75) is 37.8 Å². The summed E-state index contributed by atoms with van der Waals surface area (Å²) in [4.78, 5) is 0. The molecule has 0 aromatic heterocycles. The first kappa shape index (κ1) is 7.34. The van der Waals surface area contributed by atoms with Gasteiger partial charge in [0.05, 0.1) is 6.10 Å². The largest absolute Gasteiger partial charge is 0.378 e. The van der Waals surface area contributed by atoms with Crippen LogP contribution in [-0.2, 0) is 4.74 Å². The molecule has 12 heavy (non-hydrogen) atoms. The summed E-state index contributed by atoms with van der Waals surface area (Å²) >= 11 is 0. The minimum Gasteiger partial charge on any atom is -0.378 e. The number of hydrogen-bond acceptors (Lipinski definition) is 2. The van der Waals surface area contributed by atoms with Crippen molar-refractivity contribution in [3.05, 3.63) is 0 Å². The maximum atomic E-state index is 5.92.